The molecular formula is C27H29F3N2O4. The second kappa shape index (κ2) is 11.8. The van der Waals surface area contributed by atoms with Crippen LogP contribution >= 0.6 is 0 Å². The number of hydrogen-bond acceptors (Lipinski definition) is 5. The molecule has 0 aliphatic rings. The summed E-state index contributed by atoms with van der Waals surface area (Å²) >= 11 is 0. The van der Waals surface area contributed by atoms with E-state index in [1.54, 1.807) is 42.3 Å². The molecule has 6 nitrogen and oxygen atoms in total. The number of amides is 1. The Kier molecular flexibility index (Phi) is 8.82. The van der Waals surface area contributed by atoms with Crippen LogP contribution in [-0.2, 0) is 17.4 Å². The Labute approximate surface area is 208 Å². The van der Waals surface area contributed by atoms with Gasteiger partial charge in [0.2, 0.25) is 5.91 Å². The zero-order valence-electron chi connectivity index (χ0n) is 20.6. The van der Waals surface area contributed by atoms with Gasteiger partial charge in [-0.1, -0.05) is 30.3 Å². The summed E-state index contributed by atoms with van der Waals surface area (Å²) in [4.78, 5) is 15.5. The molecule has 0 aliphatic heterocycles. The molecule has 3 aromatic rings. The molecule has 1 amide bonds. The maximum absolute atomic E-state index is 13.9. The molecule has 0 fully saturated rings. The molecule has 36 heavy (non-hydrogen) atoms. The number of para-hydroxylation sites is 1. The number of nitrogens with one attached hydrogen (secondary N) is 1. The van der Waals surface area contributed by atoms with Gasteiger partial charge in [0.1, 0.15) is 11.8 Å². The van der Waals surface area contributed by atoms with Gasteiger partial charge in [0.05, 0.1) is 26.9 Å². The number of carbonyl (C=O) groups excluding carboxylic acids is 1. The highest BCUT2D eigenvalue weighted by Gasteiger charge is 2.31. The largest absolute Gasteiger partial charge is 0.496 e. The number of hydrogen-bond donors (Lipinski definition) is 1. The van der Waals surface area contributed by atoms with E-state index in [1.807, 2.05) is 12.1 Å². The first-order valence-corrected chi connectivity index (χ1v) is 11.2. The minimum absolute atomic E-state index is 0.215. The van der Waals surface area contributed by atoms with Crippen LogP contribution < -0.4 is 24.4 Å². The van der Waals surface area contributed by atoms with E-state index in [0.717, 1.165) is 12.1 Å². The number of benzene rings is 3. The number of carbonyl (C=O) groups is 1. The molecular weight excluding hydrogens is 473 g/mol. The average molecular weight is 503 g/mol. The van der Waals surface area contributed by atoms with Gasteiger partial charge in [0.15, 0.2) is 11.5 Å². The summed E-state index contributed by atoms with van der Waals surface area (Å²) in [6.07, 6.45) is -4.07. The van der Waals surface area contributed by atoms with Gasteiger partial charge in [-0.15, -0.1) is 0 Å². The predicted octanol–water partition coefficient (Wildman–Crippen LogP) is 5.27. The Bertz CT molecular complexity index is 1170. The Hall–Kier alpha value is -3.72. The zero-order chi connectivity index (χ0) is 26.3. The molecule has 192 valence electrons. The van der Waals surface area contributed by atoms with Crippen LogP contribution in [0.1, 0.15) is 22.7 Å². The van der Waals surface area contributed by atoms with Gasteiger partial charge >= 0.3 is 6.18 Å². The van der Waals surface area contributed by atoms with Gasteiger partial charge in [-0.2, -0.15) is 13.2 Å². The van der Waals surface area contributed by atoms with Crippen molar-refractivity contribution in [2.45, 2.75) is 18.6 Å². The number of methoxy groups -OCH3 is 3. The van der Waals surface area contributed by atoms with E-state index in [4.69, 9.17) is 14.2 Å². The van der Waals surface area contributed by atoms with Crippen molar-refractivity contribution >= 4 is 11.6 Å². The van der Waals surface area contributed by atoms with Gasteiger partial charge in [-0.25, -0.2) is 0 Å². The van der Waals surface area contributed by atoms with E-state index in [0.29, 0.717) is 40.5 Å². The Morgan fingerprint density at radius 3 is 2.11 bits per heavy atom. The minimum atomic E-state index is -4.41. The number of alkyl halides is 3. The van der Waals surface area contributed by atoms with E-state index in [9.17, 15) is 18.0 Å². The van der Waals surface area contributed by atoms with E-state index in [2.05, 4.69) is 5.32 Å². The third-order valence-electron chi connectivity index (χ3n) is 5.84. The molecule has 0 saturated carbocycles. The number of anilines is 1. The first-order chi connectivity index (χ1) is 17.2. The quantitative estimate of drug-likeness (QED) is 0.410. The standard InChI is InChI=1S/C27H29F3N2O4/c1-31-25(21-7-5-6-8-22(21)34-2)26(33)32(20-13-14-23(35-3)24(17-20)36-4)16-15-18-9-11-19(12-10-18)27(28,29)30/h5-14,17,25,31H,15-16H2,1-4H3/t25-/m0/s1. The SMILES string of the molecule is CN[C@H](C(=O)N(CCc1ccc(C(F)(F)F)cc1)c1ccc(OC)c(OC)c1)c1ccccc1OC. The highest BCUT2D eigenvalue weighted by molar-refractivity contribution is 5.98. The summed E-state index contributed by atoms with van der Waals surface area (Å²) in [6.45, 7) is 0.215. The van der Waals surface area contributed by atoms with Crippen LogP contribution in [0.2, 0.25) is 0 Å². The summed E-state index contributed by atoms with van der Waals surface area (Å²) < 4.78 is 55.1. The van der Waals surface area contributed by atoms with Crippen molar-refractivity contribution in [3.05, 3.63) is 83.4 Å². The maximum Gasteiger partial charge on any atom is 0.416 e. The number of rotatable bonds is 10. The molecule has 0 radical (unpaired) electrons. The fraction of sp³-hybridized carbons (Fsp3) is 0.296. The van der Waals surface area contributed by atoms with Crippen LogP contribution in [-0.4, -0.2) is 40.8 Å². The van der Waals surface area contributed by atoms with Crippen LogP contribution in [0.5, 0.6) is 17.2 Å². The van der Waals surface area contributed by atoms with Crippen LogP contribution in [0.15, 0.2) is 66.7 Å². The Balaban J connectivity index is 1.97. The lowest BCUT2D eigenvalue weighted by Crippen LogP contribution is -2.41. The van der Waals surface area contributed by atoms with Crippen molar-refractivity contribution in [1.82, 2.24) is 5.32 Å². The third kappa shape index (κ3) is 6.09. The third-order valence-corrected chi connectivity index (χ3v) is 5.84. The number of ether oxygens (including phenoxy) is 3. The van der Waals surface area contributed by atoms with Gasteiger partial charge in [-0.3, -0.25) is 4.79 Å². The summed E-state index contributed by atoms with van der Waals surface area (Å²) in [5, 5.41) is 3.06. The van der Waals surface area contributed by atoms with Crippen LogP contribution in [0, 0.1) is 0 Å². The van der Waals surface area contributed by atoms with Gasteiger partial charge in [0, 0.05) is 23.9 Å². The first-order valence-electron chi connectivity index (χ1n) is 11.2. The monoisotopic (exact) mass is 502 g/mol. The molecule has 0 spiro atoms. The molecule has 0 aliphatic carbocycles. The molecule has 0 heterocycles. The van der Waals surface area contributed by atoms with Crippen molar-refractivity contribution < 1.29 is 32.2 Å². The van der Waals surface area contributed by atoms with Gasteiger partial charge in [-0.05, 0) is 49.4 Å². The number of likely N-dealkylation sites (N-methyl/N-ethyl adjacent to an activating group) is 1. The van der Waals surface area contributed by atoms with Gasteiger partial charge in [0.25, 0.3) is 0 Å². The minimum Gasteiger partial charge on any atom is -0.496 e. The molecule has 0 aromatic heterocycles. The molecule has 0 unspecified atom stereocenters. The normalized spacial score (nSPS) is 12.1. The van der Waals surface area contributed by atoms with Crippen LogP contribution in [0.3, 0.4) is 0 Å². The van der Waals surface area contributed by atoms with E-state index < -0.39 is 17.8 Å². The lowest BCUT2D eigenvalue weighted by Gasteiger charge is -2.29. The van der Waals surface area contributed by atoms with Crippen molar-refractivity contribution in [2.24, 2.45) is 0 Å². The predicted molar refractivity (Wildman–Crippen MR) is 132 cm³/mol. The number of nitrogens with zero attached hydrogens (tertiary/aromatic N) is 1. The van der Waals surface area contributed by atoms with Crippen LogP contribution in [0.25, 0.3) is 0 Å². The summed E-state index contributed by atoms with van der Waals surface area (Å²) in [7, 11) is 6.23. The molecule has 1 atom stereocenters. The smallest absolute Gasteiger partial charge is 0.416 e. The summed E-state index contributed by atoms with van der Waals surface area (Å²) in [5.74, 6) is 1.24. The van der Waals surface area contributed by atoms with Crippen molar-refractivity contribution in [3.63, 3.8) is 0 Å². The molecule has 0 bridgehead atoms. The van der Waals surface area contributed by atoms with Crippen molar-refractivity contribution in [3.8, 4) is 17.2 Å². The second-order valence-corrected chi connectivity index (χ2v) is 7.94. The van der Waals surface area contributed by atoms with E-state index >= 15 is 0 Å². The summed E-state index contributed by atoms with van der Waals surface area (Å²) in [6, 6.07) is 16.5. The van der Waals surface area contributed by atoms with E-state index in [-0.39, 0.29) is 12.5 Å². The molecule has 0 saturated heterocycles. The lowest BCUT2D eigenvalue weighted by molar-refractivity contribution is -0.137. The highest BCUT2D eigenvalue weighted by atomic mass is 19.4. The maximum atomic E-state index is 13.9. The average Bonchev–Trinajstić information content (AvgIpc) is 2.89. The van der Waals surface area contributed by atoms with Crippen molar-refractivity contribution in [1.29, 1.82) is 0 Å². The van der Waals surface area contributed by atoms with Gasteiger partial charge < -0.3 is 24.4 Å². The fourth-order valence-corrected chi connectivity index (χ4v) is 3.93. The van der Waals surface area contributed by atoms with Crippen LogP contribution in [0.4, 0.5) is 18.9 Å². The molecule has 3 rings (SSSR count). The lowest BCUT2D eigenvalue weighted by atomic mass is 10.0. The molecule has 9 heteroatoms. The molecule has 1 N–H and O–H groups in total. The zero-order valence-corrected chi connectivity index (χ0v) is 20.6. The number of halogens is 3. The topological polar surface area (TPSA) is 60.0 Å². The Morgan fingerprint density at radius 1 is 0.889 bits per heavy atom. The van der Waals surface area contributed by atoms with Crippen molar-refractivity contribution in [2.75, 3.05) is 39.8 Å². The fourth-order valence-electron chi connectivity index (χ4n) is 3.93. The summed E-state index contributed by atoms with van der Waals surface area (Å²) in [5.41, 5.74) is 1.16. The Morgan fingerprint density at radius 2 is 1.53 bits per heavy atom. The second-order valence-electron chi connectivity index (χ2n) is 7.94. The first kappa shape index (κ1) is 26.9. The highest BCUT2D eigenvalue weighted by Crippen LogP contribution is 2.34. The van der Waals surface area contributed by atoms with E-state index in [1.165, 1.54) is 33.5 Å². The molecule has 3 aromatic carbocycles.